The first kappa shape index (κ1) is 30.7. The van der Waals surface area contributed by atoms with Gasteiger partial charge in [0.1, 0.15) is 28.7 Å². The number of aliphatic hydroxyl groups is 3. The first-order chi connectivity index (χ1) is 18.9. The van der Waals surface area contributed by atoms with Gasteiger partial charge in [-0.2, -0.15) is 0 Å². The number of amides is 1. The first-order valence-electron chi connectivity index (χ1n) is 13.9. The molecule has 1 amide bonds. The van der Waals surface area contributed by atoms with Crippen LogP contribution in [-0.4, -0.2) is 86.5 Å². The smallest absolute Gasteiger partial charge is 0.255 e. The maximum absolute atomic E-state index is 16.1. The number of nitrogens with two attached hydrogens (primary N) is 1. The number of likely N-dealkylation sites (N-methyl/N-ethyl adjacent to an activating group) is 1. The standard InChI is InChI=1S/C30H40FN3O7/c1-7-8-34(13-29(2,3)4)12-15-11-18(35)20-16(22(15)31)9-14-10-17-23(33(5)6)25(37)21(28(32)40)27(39)30(17,41)26(38)19(14)24(20)36/h11,14,17,23,35-36,39,41H,7-10,12-13H2,1-6H3,(H2,32,40)/t14-,17-,23-,30-/m0/s1. The summed E-state index contributed by atoms with van der Waals surface area (Å²) in [5.74, 6) is -8.19. The molecule has 1 fully saturated rings. The summed E-state index contributed by atoms with van der Waals surface area (Å²) in [6, 6.07) is 0.0442. The minimum Gasteiger partial charge on any atom is -0.508 e. The van der Waals surface area contributed by atoms with Crippen molar-refractivity contribution >= 4 is 23.2 Å². The number of nitrogens with zero attached hydrogens (tertiary/aromatic N) is 2. The van der Waals surface area contributed by atoms with E-state index in [1.807, 2.05) is 6.92 Å². The lowest BCUT2D eigenvalue weighted by atomic mass is 9.57. The van der Waals surface area contributed by atoms with E-state index in [-0.39, 0.29) is 47.1 Å². The molecule has 6 N–H and O–H groups in total. The normalized spacial score (nSPS) is 26.4. The SMILES string of the molecule is CCCN(Cc1cc(O)c2c(c1F)C[C@H]1C[C@H]3[C@H](N(C)C)C(=O)C(C(N)=O)=C(O)[C@@]3(O)C(=O)C1=C2O)CC(C)(C)C. The number of fused-ring (bicyclic) bond motifs is 3. The number of halogens is 1. The van der Waals surface area contributed by atoms with Gasteiger partial charge in [0.2, 0.25) is 5.78 Å². The van der Waals surface area contributed by atoms with E-state index in [2.05, 4.69) is 25.7 Å². The van der Waals surface area contributed by atoms with Crippen LogP contribution < -0.4 is 5.73 Å². The molecule has 0 bridgehead atoms. The topological polar surface area (TPSA) is 165 Å². The Balaban J connectivity index is 1.85. The van der Waals surface area contributed by atoms with Gasteiger partial charge in [-0.15, -0.1) is 0 Å². The van der Waals surface area contributed by atoms with Gasteiger partial charge >= 0.3 is 0 Å². The van der Waals surface area contributed by atoms with Crippen molar-refractivity contribution in [1.29, 1.82) is 0 Å². The number of carbonyl (C=O) groups is 3. The molecule has 41 heavy (non-hydrogen) atoms. The zero-order valence-corrected chi connectivity index (χ0v) is 24.4. The van der Waals surface area contributed by atoms with Gasteiger partial charge in [-0.1, -0.05) is 27.7 Å². The highest BCUT2D eigenvalue weighted by atomic mass is 19.1. The molecule has 4 rings (SSSR count). The molecule has 0 heterocycles. The lowest BCUT2D eigenvalue weighted by molar-refractivity contribution is -0.153. The molecule has 0 aliphatic heterocycles. The Hall–Kier alpha value is -3.28. The summed E-state index contributed by atoms with van der Waals surface area (Å²) in [7, 11) is 3.05. The van der Waals surface area contributed by atoms with Crippen molar-refractivity contribution in [1.82, 2.24) is 9.80 Å². The van der Waals surface area contributed by atoms with Crippen LogP contribution >= 0.6 is 0 Å². The molecule has 0 unspecified atom stereocenters. The summed E-state index contributed by atoms with van der Waals surface area (Å²) in [5.41, 5.74) is 1.42. The number of phenols is 1. The van der Waals surface area contributed by atoms with E-state index in [4.69, 9.17) is 5.73 Å². The fraction of sp³-hybridized carbons (Fsp3) is 0.567. The van der Waals surface area contributed by atoms with E-state index >= 15 is 4.39 Å². The molecular formula is C30H40FN3O7. The number of ketones is 2. The van der Waals surface area contributed by atoms with Crippen LogP contribution in [-0.2, 0) is 27.3 Å². The molecule has 0 radical (unpaired) electrons. The number of aliphatic hydroxyl groups excluding tert-OH is 2. The lowest BCUT2D eigenvalue weighted by Gasteiger charge is -2.50. The highest BCUT2D eigenvalue weighted by Gasteiger charge is 2.64. The number of rotatable bonds is 7. The number of aromatic hydroxyl groups is 1. The molecule has 0 saturated heterocycles. The maximum Gasteiger partial charge on any atom is 0.255 e. The van der Waals surface area contributed by atoms with E-state index < -0.39 is 69.6 Å². The molecule has 1 aromatic rings. The molecule has 3 aliphatic rings. The average Bonchev–Trinajstić information content (AvgIpc) is 2.83. The summed E-state index contributed by atoms with van der Waals surface area (Å²) >= 11 is 0. The monoisotopic (exact) mass is 573 g/mol. The van der Waals surface area contributed by atoms with Gasteiger partial charge in [-0.3, -0.25) is 24.2 Å². The summed E-state index contributed by atoms with van der Waals surface area (Å²) in [4.78, 5) is 42.7. The summed E-state index contributed by atoms with van der Waals surface area (Å²) < 4.78 is 16.1. The predicted molar refractivity (Wildman–Crippen MR) is 149 cm³/mol. The van der Waals surface area contributed by atoms with Crippen molar-refractivity contribution < 1.29 is 39.2 Å². The molecule has 3 aliphatic carbocycles. The van der Waals surface area contributed by atoms with E-state index in [0.29, 0.717) is 13.1 Å². The molecule has 4 atom stereocenters. The number of carbonyl (C=O) groups excluding carboxylic acids is 3. The average molecular weight is 574 g/mol. The number of hydrogen-bond donors (Lipinski definition) is 5. The van der Waals surface area contributed by atoms with E-state index in [0.717, 1.165) is 6.42 Å². The van der Waals surface area contributed by atoms with E-state index in [9.17, 15) is 34.8 Å². The highest BCUT2D eigenvalue weighted by Crippen LogP contribution is 2.53. The lowest BCUT2D eigenvalue weighted by Crippen LogP contribution is -2.65. The Labute approximate surface area is 238 Å². The summed E-state index contributed by atoms with van der Waals surface area (Å²) in [6.07, 6.45) is 0.664. The number of primary amides is 1. The van der Waals surface area contributed by atoms with E-state index in [1.165, 1.54) is 25.1 Å². The number of Topliss-reactive ketones (excluding diaryl/α,β-unsaturated/α-hetero) is 2. The third kappa shape index (κ3) is 4.93. The second-order valence-corrected chi connectivity index (χ2v) is 13.0. The minimum atomic E-state index is -2.73. The van der Waals surface area contributed by atoms with Crippen molar-refractivity contribution in [3.8, 4) is 5.75 Å². The van der Waals surface area contributed by atoms with Gasteiger partial charge in [0.25, 0.3) is 5.91 Å². The van der Waals surface area contributed by atoms with Crippen LogP contribution in [0.4, 0.5) is 4.39 Å². The second kappa shape index (κ2) is 10.5. The van der Waals surface area contributed by atoms with Crippen LogP contribution in [0.1, 0.15) is 57.2 Å². The van der Waals surface area contributed by atoms with Gasteiger partial charge in [0.05, 0.1) is 11.6 Å². The quantitative estimate of drug-likeness (QED) is 0.308. The molecule has 11 heteroatoms. The molecule has 1 saturated carbocycles. The Morgan fingerprint density at radius 3 is 2.37 bits per heavy atom. The van der Waals surface area contributed by atoms with Gasteiger partial charge in [-0.05, 0) is 57.3 Å². The fourth-order valence-corrected chi connectivity index (χ4v) is 6.90. The summed E-state index contributed by atoms with van der Waals surface area (Å²) in [5, 5.41) is 44.8. The molecule has 10 nitrogen and oxygen atoms in total. The van der Waals surface area contributed by atoms with Gasteiger partial charge in [0, 0.05) is 35.7 Å². The number of benzene rings is 1. The Bertz CT molecular complexity index is 1380. The molecule has 1 aromatic carbocycles. The Kier molecular flexibility index (Phi) is 7.87. The van der Waals surface area contributed by atoms with Crippen molar-refractivity contribution in [3.63, 3.8) is 0 Å². The van der Waals surface area contributed by atoms with Crippen LogP contribution in [0, 0.1) is 23.1 Å². The zero-order chi connectivity index (χ0) is 30.8. The van der Waals surface area contributed by atoms with Crippen LogP contribution in [0.3, 0.4) is 0 Å². The summed E-state index contributed by atoms with van der Waals surface area (Å²) in [6.45, 7) is 9.90. The maximum atomic E-state index is 16.1. The molecule has 0 aromatic heterocycles. The predicted octanol–water partition coefficient (Wildman–Crippen LogP) is 2.36. The zero-order valence-electron chi connectivity index (χ0n) is 24.4. The molecule has 224 valence electrons. The number of hydrogen-bond acceptors (Lipinski definition) is 9. The van der Waals surface area contributed by atoms with Crippen LogP contribution in [0.5, 0.6) is 5.75 Å². The van der Waals surface area contributed by atoms with Crippen molar-refractivity contribution in [2.45, 2.75) is 65.1 Å². The fourth-order valence-electron chi connectivity index (χ4n) is 6.90. The van der Waals surface area contributed by atoms with Gasteiger partial charge < -0.3 is 26.2 Å². The van der Waals surface area contributed by atoms with Crippen LogP contribution in [0.25, 0.3) is 5.76 Å². The van der Waals surface area contributed by atoms with Gasteiger partial charge in [0.15, 0.2) is 11.4 Å². The Morgan fingerprint density at radius 1 is 1.20 bits per heavy atom. The Morgan fingerprint density at radius 2 is 1.83 bits per heavy atom. The highest BCUT2D eigenvalue weighted by molar-refractivity contribution is 6.24. The first-order valence-corrected chi connectivity index (χ1v) is 13.9. The van der Waals surface area contributed by atoms with Crippen LogP contribution in [0.15, 0.2) is 23.0 Å². The van der Waals surface area contributed by atoms with E-state index in [1.54, 1.807) is 0 Å². The minimum absolute atomic E-state index is 0.0397. The third-order valence-corrected chi connectivity index (χ3v) is 8.36. The largest absolute Gasteiger partial charge is 0.508 e. The third-order valence-electron chi connectivity index (χ3n) is 8.36. The van der Waals surface area contributed by atoms with Crippen LogP contribution in [0.2, 0.25) is 0 Å². The molecular weight excluding hydrogens is 533 g/mol. The van der Waals surface area contributed by atoms with Crippen molar-refractivity contribution in [2.75, 3.05) is 27.2 Å². The van der Waals surface area contributed by atoms with Crippen molar-refractivity contribution in [2.24, 2.45) is 23.0 Å². The van der Waals surface area contributed by atoms with Crippen molar-refractivity contribution in [3.05, 3.63) is 45.5 Å². The molecule has 0 spiro atoms. The number of phenolic OH excluding ortho intramolecular Hbond substituents is 1. The van der Waals surface area contributed by atoms with Gasteiger partial charge in [-0.25, -0.2) is 4.39 Å². The second-order valence-electron chi connectivity index (χ2n) is 13.0.